The van der Waals surface area contributed by atoms with E-state index in [9.17, 15) is 4.79 Å². The standard InChI is InChI=1S/C12H16ClN3O2/c13-10-2-1-3-11(15-10)18-9-4-6-16(7-5-9)12(17)8-14/h1-3,9H,4-8,14H2. The minimum Gasteiger partial charge on any atom is -0.474 e. The van der Waals surface area contributed by atoms with Crippen molar-refractivity contribution in [3.8, 4) is 5.88 Å². The van der Waals surface area contributed by atoms with E-state index >= 15 is 0 Å². The molecule has 98 valence electrons. The molecule has 0 aromatic carbocycles. The zero-order valence-corrected chi connectivity index (χ0v) is 10.8. The average molecular weight is 270 g/mol. The van der Waals surface area contributed by atoms with Crippen molar-refractivity contribution in [2.45, 2.75) is 18.9 Å². The molecule has 1 amide bonds. The molecule has 0 unspecified atom stereocenters. The van der Waals surface area contributed by atoms with Gasteiger partial charge in [0.25, 0.3) is 0 Å². The summed E-state index contributed by atoms with van der Waals surface area (Å²) in [5, 5.41) is 0.420. The molecule has 0 atom stereocenters. The Labute approximate surface area is 111 Å². The second kappa shape index (κ2) is 6.02. The molecular weight excluding hydrogens is 254 g/mol. The molecule has 5 nitrogen and oxygen atoms in total. The van der Waals surface area contributed by atoms with Crippen LogP contribution in [0.15, 0.2) is 18.2 Å². The van der Waals surface area contributed by atoms with Crippen LogP contribution in [0.5, 0.6) is 5.88 Å². The minimum absolute atomic E-state index is 0.00525. The molecule has 0 saturated carbocycles. The van der Waals surface area contributed by atoms with Gasteiger partial charge in [0, 0.05) is 32.0 Å². The topological polar surface area (TPSA) is 68.5 Å². The van der Waals surface area contributed by atoms with Crippen molar-refractivity contribution < 1.29 is 9.53 Å². The summed E-state index contributed by atoms with van der Waals surface area (Å²) in [6, 6.07) is 5.29. The Kier molecular flexibility index (Phi) is 4.38. The highest BCUT2D eigenvalue weighted by molar-refractivity contribution is 6.29. The lowest BCUT2D eigenvalue weighted by molar-refractivity contribution is -0.131. The number of likely N-dealkylation sites (tertiary alicyclic amines) is 1. The van der Waals surface area contributed by atoms with E-state index in [0.29, 0.717) is 24.1 Å². The Hall–Kier alpha value is -1.33. The van der Waals surface area contributed by atoms with E-state index in [-0.39, 0.29) is 18.6 Å². The number of nitrogens with zero attached hydrogens (tertiary/aromatic N) is 2. The number of piperidine rings is 1. The first kappa shape index (κ1) is 13.1. The van der Waals surface area contributed by atoms with Gasteiger partial charge in [-0.2, -0.15) is 0 Å². The van der Waals surface area contributed by atoms with E-state index in [1.54, 1.807) is 23.1 Å². The molecule has 1 aromatic rings. The highest BCUT2D eigenvalue weighted by atomic mass is 35.5. The van der Waals surface area contributed by atoms with Gasteiger partial charge < -0.3 is 15.4 Å². The van der Waals surface area contributed by atoms with Gasteiger partial charge in [-0.25, -0.2) is 4.98 Å². The summed E-state index contributed by atoms with van der Waals surface area (Å²) in [5.41, 5.74) is 5.33. The summed E-state index contributed by atoms with van der Waals surface area (Å²) in [7, 11) is 0. The Morgan fingerprint density at radius 2 is 2.22 bits per heavy atom. The molecule has 1 aliphatic heterocycles. The van der Waals surface area contributed by atoms with E-state index in [2.05, 4.69) is 4.98 Å². The summed E-state index contributed by atoms with van der Waals surface area (Å²) in [5.74, 6) is 0.528. The number of nitrogens with two attached hydrogens (primary N) is 1. The van der Waals surface area contributed by atoms with Crippen molar-refractivity contribution >= 4 is 17.5 Å². The van der Waals surface area contributed by atoms with Crippen LogP contribution in [0.3, 0.4) is 0 Å². The number of rotatable bonds is 3. The number of pyridine rings is 1. The Morgan fingerprint density at radius 1 is 1.50 bits per heavy atom. The number of amides is 1. The number of hydrogen-bond acceptors (Lipinski definition) is 4. The number of carbonyl (C=O) groups excluding carboxylic acids is 1. The van der Waals surface area contributed by atoms with E-state index in [4.69, 9.17) is 22.1 Å². The number of ether oxygens (including phenoxy) is 1. The summed E-state index contributed by atoms with van der Waals surface area (Å²) in [4.78, 5) is 17.3. The maximum absolute atomic E-state index is 11.4. The molecule has 2 N–H and O–H groups in total. The smallest absolute Gasteiger partial charge is 0.236 e. The lowest BCUT2D eigenvalue weighted by Crippen LogP contribution is -2.44. The van der Waals surface area contributed by atoms with Crippen LogP contribution < -0.4 is 10.5 Å². The minimum atomic E-state index is -0.00525. The monoisotopic (exact) mass is 269 g/mol. The lowest BCUT2D eigenvalue weighted by atomic mass is 10.1. The van der Waals surface area contributed by atoms with Crippen molar-refractivity contribution in [1.82, 2.24) is 9.88 Å². The molecule has 0 aliphatic carbocycles. The van der Waals surface area contributed by atoms with Crippen molar-refractivity contribution in [3.63, 3.8) is 0 Å². The third-order valence-electron chi connectivity index (χ3n) is 2.95. The molecule has 0 radical (unpaired) electrons. The fourth-order valence-electron chi connectivity index (χ4n) is 1.98. The maximum Gasteiger partial charge on any atom is 0.236 e. The van der Waals surface area contributed by atoms with Crippen molar-refractivity contribution in [1.29, 1.82) is 0 Å². The summed E-state index contributed by atoms with van der Waals surface area (Å²) in [6.07, 6.45) is 1.66. The molecule has 6 heteroatoms. The number of aromatic nitrogens is 1. The third-order valence-corrected chi connectivity index (χ3v) is 3.16. The Morgan fingerprint density at radius 3 is 2.83 bits per heavy atom. The molecule has 2 rings (SSSR count). The van der Waals surface area contributed by atoms with Crippen molar-refractivity contribution in [3.05, 3.63) is 23.4 Å². The van der Waals surface area contributed by atoms with Crippen LogP contribution in [0.2, 0.25) is 5.15 Å². The first-order chi connectivity index (χ1) is 8.69. The van der Waals surface area contributed by atoms with Crippen LogP contribution in [-0.2, 0) is 4.79 Å². The van der Waals surface area contributed by atoms with Crippen molar-refractivity contribution in [2.75, 3.05) is 19.6 Å². The van der Waals surface area contributed by atoms with Crippen LogP contribution in [0.4, 0.5) is 0 Å². The van der Waals surface area contributed by atoms with Gasteiger partial charge in [-0.1, -0.05) is 17.7 Å². The normalized spacial score (nSPS) is 16.7. The predicted molar refractivity (Wildman–Crippen MR) is 68.5 cm³/mol. The summed E-state index contributed by atoms with van der Waals surface area (Å²) in [6.45, 7) is 1.43. The molecule has 18 heavy (non-hydrogen) atoms. The van der Waals surface area contributed by atoms with Crippen LogP contribution in [0, 0.1) is 0 Å². The molecule has 1 aliphatic rings. The van der Waals surface area contributed by atoms with Crippen LogP contribution >= 0.6 is 11.6 Å². The largest absolute Gasteiger partial charge is 0.474 e. The van der Waals surface area contributed by atoms with Crippen molar-refractivity contribution in [2.24, 2.45) is 5.73 Å². The molecule has 1 aromatic heterocycles. The molecule has 0 spiro atoms. The molecule has 2 heterocycles. The van der Waals surface area contributed by atoms with Gasteiger partial charge in [-0.15, -0.1) is 0 Å². The highest BCUT2D eigenvalue weighted by Crippen LogP contribution is 2.18. The molecule has 1 saturated heterocycles. The van der Waals surface area contributed by atoms with E-state index in [0.717, 1.165) is 12.8 Å². The number of hydrogen-bond donors (Lipinski definition) is 1. The fraction of sp³-hybridized carbons (Fsp3) is 0.500. The van der Waals surface area contributed by atoms with Gasteiger partial charge in [0.05, 0.1) is 6.54 Å². The average Bonchev–Trinajstić information content (AvgIpc) is 2.39. The van der Waals surface area contributed by atoms with Gasteiger partial charge in [-0.05, 0) is 6.07 Å². The maximum atomic E-state index is 11.4. The van der Waals surface area contributed by atoms with E-state index < -0.39 is 0 Å². The predicted octanol–water partition coefficient (Wildman–Crippen LogP) is 1.06. The van der Waals surface area contributed by atoms with Gasteiger partial charge >= 0.3 is 0 Å². The number of halogens is 1. The SMILES string of the molecule is NCC(=O)N1CCC(Oc2cccc(Cl)n2)CC1. The van der Waals surface area contributed by atoms with Gasteiger partial charge in [0.1, 0.15) is 11.3 Å². The third kappa shape index (κ3) is 3.34. The Balaban J connectivity index is 1.85. The summed E-state index contributed by atoms with van der Waals surface area (Å²) >= 11 is 5.79. The second-order valence-corrected chi connectivity index (χ2v) is 4.59. The summed E-state index contributed by atoms with van der Waals surface area (Å²) < 4.78 is 5.73. The lowest BCUT2D eigenvalue weighted by Gasteiger charge is -2.31. The van der Waals surface area contributed by atoms with Gasteiger partial charge in [0.2, 0.25) is 11.8 Å². The van der Waals surface area contributed by atoms with Crippen LogP contribution in [0.25, 0.3) is 0 Å². The van der Waals surface area contributed by atoms with Crippen LogP contribution in [-0.4, -0.2) is 41.5 Å². The fourth-order valence-corrected chi connectivity index (χ4v) is 2.13. The molecule has 1 fully saturated rings. The van der Waals surface area contributed by atoms with Gasteiger partial charge in [-0.3, -0.25) is 4.79 Å². The zero-order chi connectivity index (χ0) is 13.0. The molecular formula is C12H16ClN3O2. The molecule has 0 bridgehead atoms. The first-order valence-electron chi connectivity index (χ1n) is 5.96. The highest BCUT2D eigenvalue weighted by Gasteiger charge is 2.23. The quantitative estimate of drug-likeness (QED) is 0.834. The Bertz CT molecular complexity index is 420. The first-order valence-corrected chi connectivity index (χ1v) is 6.34. The second-order valence-electron chi connectivity index (χ2n) is 4.20. The van der Waals surface area contributed by atoms with E-state index in [1.165, 1.54) is 0 Å². The van der Waals surface area contributed by atoms with Gasteiger partial charge in [0.15, 0.2) is 0 Å². The van der Waals surface area contributed by atoms with Crippen LogP contribution in [0.1, 0.15) is 12.8 Å². The number of carbonyl (C=O) groups is 1. The zero-order valence-electron chi connectivity index (χ0n) is 10.0. The van der Waals surface area contributed by atoms with E-state index in [1.807, 2.05) is 0 Å².